The van der Waals surface area contributed by atoms with Gasteiger partial charge in [-0.2, -0.15) is 5.10 Å². The van der Waals surface area contributed by atoms with Crippen molar-refractivity contribution in [1.29, 1.82) is 0 Å². The molecule has 0 saturated heterocycles. The average Bonchev–Trinajstić information content (AvgIpc) is 3.34. The molecule has 0 radical (unpaired) electrons. The van der Waals surface area contributed by atoms with Crippen LogP contribution in [0.25, 0.3) is 0 Å². The number of carbonyl (C=O) groups excluding carboxylic acids is 1. The Morgan fingerprint density at radius 2 is 1.68 bits per heavy atom. The molecule has 174 valence electrons. The van der Waals surface area contributed by atoms with E-state index >= 15 is 0 Å². The van der Waals surface area contributed by atoms with Gasteiger partial charge in [-0.05, 0) is 47.4 Å². The predicted octanol–water partition coefficient (Wildman–Crippen LogP) is 4.44. The van der Waals surface area contributed by atoms with Crippen LogP contribution in [-0.2, 0) is 17.8 Å². The van der Waals surface area contributed by atoms with Crippen LogP contribution in [0.3, 0.4) is 0 Å². The largest absolute Gasteiger partial charge is 0.497 e. The Kier molecular flexibility index (Phi) is 6.32. The Hall–Kier alpha value is -3.64. The summed E-state index contributed by atoms with van der Waals surface area (Å²) in [5.74, 6) is 1.55. The van der Waals surface area contributed by atoms with Gasteiger partial charge in [-0.3, -0.25) is 9.69 Å². The van der Waals surface area contributed by atoms with Crippen LogP contribution in [0.15, 0.2) is 77.9 Å². The molecule has 3 aromatic rings. The van der Waals surface area contributed by atoms with Gasteiger partial charge in [-0.1, -0.05) is 48.5 Å². The number of benzene rings is 3. The molecule has 1 atom stereocenters. The zero-order chi connectivity index (χ0) is 23.5. The molecule has 2 aliphatic rings. The van der Waals surface area contributed by atoms with Crippen LogP contribution in [0.4, 0.5) is 0 Å². The van der Waals surface area contributed by atoms with E-state index in [1.165, 1.54) is 11.1 Å². The highest BCUT2D eigenvalue weighted by Crippen LogP contribution is 2.36. The second-order valence-electron chi connectivity index (χ2n) is 8.71. The summed E-state index contributed by atoms with van der Waals surface area (Å²) in [6, 6.07) is 24.0. The summed E-state index contributed by atoms with van der Waals surface area (Å²) in [5.41, 5.74) is 5.49. The highest BCUT2D eigenvalue weighted by Gasteiger charge is 2.35. The fourth-order valence-electron chi connectivity index (χ4n) is 4.82. The highest BCUT2D eigenvalue weighted by molar-refractivity contribution is 6.05. The third kappa shape index (κ3) is 4.41. The molecule has 2 heterocycles. The maximum atomic E-state index is 13.6. The summed E-state index contributed by atoms with van der Waals surface area (Å²) in [7, 11) is 3.31. The van der Waals surface area contributed by atoms with Gasteiger partial charge in [0.25, 0.3) is 5.91 Å². The molecule has 6 nitrogen and oxygen atoms in total. The fraction of sp³-hybridized carbons (Fsp3) is 0.286. The zero-order valence-electron chi connectivity index (χ0n) is 19.6. The molecule has 0 saturated carbocycles. The lowest BCUT2D eigenvalue weighted by molar-refractivity contribution is -0.134. The molecule has 1 unspecified atom stereocenters. The minimum absolute atomic E-state index is 0.00472. The second-order valence-corrected chi connectivity index (χ2v) is 8.71. The molecule has 0 aromatic heterocycles. The molecule has 5 rings (SSSR count). The van der Waals surface area contributed by atoms with E-state index in [4.69, 9.17) is 14.6 Å². The van der Waals surface area contributed by atoms with Crippen LogP contribution in [0.1, 0.15) is 34.7 Å². The normalized spacial score (nSPS) is 17.8. The number of rotatable bonds is 6. The summed E-state index contributed by atoms with van der Waals surface area (Å²) in [4.78, 5) is 15.8. The predicted molar refractivity (Wildman–Crippen MR) is 132 cm³/mol. The van der Waals surface area contributed by atoms with Gasteiger partial charge in [0.1, 0.15) is 11.5 Å². The molecule has 0 fully saturated rings. The molecule has 0 spiro atoms. The minimum Gasteiger partial charge on any atom is -0.497 e. The topological polar surface area (TPSA) is 54.4 Å². The van der Waals surface area contributed by atoms with Crippen molar-refractivity contribution < 1.29 is 14.3 Å². The smallest absolute Gasteiger partial charge is 0.257 e. The lowest BCUT2D eigenvalue weighted by Gasteiger charge is -2.30. The van der Waals surface area contributed by atoms with Gasteiger partial charge < -0.3 is 9.47 Å². The molecule has 0 N–H and O–H groups in total. The van der Waals surface area contributed by atoms with Crippen molar-refractivity contribution in [2.75, 3.05) is 27.3 Å². The maximum absolute atomic E-state index is 13.6. The first-order valence-electron chi connectivity index (χ1n) is 11.6. The molecule has 2 aliphatic heterocycles. The molecule has 34 heavy (non-hydrogen) atoms. The first kappa shape index (κ1) is 22.2. The summed E-state index contributed by atoms with van der Waals surface area (Å²) >= 11 is 0. The number of methoxy groups -OCH3 is 2. The van der Waals surface area contributed by atoms with Crippen molar-refractivity contribution in [3.05, 3.63) is 95.1 Å². The number of amides is 1. The van der Waals surface area contributed by atoms with Gasteiger partial charge in [0.15, 0.2) is 0 Å². The molecule has 3 aromatic carbocycles. The van der Waals surface area contributed by atoms with E-state index in [-0.39, 0.29) is 11.9 Å². The molecule has 1 amide bonds. The van der Waals surface area contributed by atoms with Crippen LogP contribution in [0, 0.1) is 0 Å². The average molecular weight is 456 g/mol. The van der Waals surface area contributed by atoms with E-state index in [1.54, 1.807) is 19.2 Å². The van der Waals surface area contributed by atoms with E-state index in [0.29, 0.717) is 13.0 Å². The fourth-order valence-corrected chi connectivity index (χ4v) is 4.82. The molecule has 6 heteroatoms. The summed E-state index contributed by atoms with van der Waals surface area (Å²) in [6.45, 7) is 1.99. The van der Waals surface area contributed by atoms with Crippen molar-refractivity contribution >= 4 is 11.6 Å². The van der Waals surface area contributed by atoms with Crippen molar-refractivity contribution in [2.24, 2.45) is 5.10 Å². The number of fused-ring (bicyclic) bond motifs is 1. The third-order valence-corrected chi connectivity index (χ3v) is 6.65. The van der Waals surface area contributed by atoms with Crippen molar-refractivity contribution in [1.82, 2.24) is 9.91 Å². The Labute approximate surface area is 200 Å². The zero-order valence-corrected chi connectivity index (χ0v) is 19.6. The van der Waals surface area contributed by atoms with Gasteiger partial charge in [0.05, 0.1) is 32.5 Å². The third-order valence-electron chi connectivity index (χ3n) is 6.65. The quantitative estimate of drug-likeness (QED) is 0.552. The molecule has 0 bridgehead atoms. The lowest BCUT2D eigenvalue weighted by atomic mass is 9.97. The number of nitrogens with zero attached hydrogens (tertiary/aromatic N) is 3. The molecular weight excluding hydrogens is 426 g/mol. The van der Waals surface area contributed by atoms with Crippen molar-refractivity contribution in [2.45, 2.75) is 25.4 Å². The van der Waals surface area contributed by atoms with Crippen LogP contribution in [0.5, 0.6) is 11.5 Å². The minimum atomic E-state index is -0.171. The van der Waals surface area contributed by atoms with Crippen LogP contribution >= 0.6 is 0 Å². The molecule has 0 aliphatic carbocycles. The van der Waals surface area contributed by atoms with Crippen molar-refractivity contribution in [3.63, 3.8) is 0 Å². The van der Waals surface area contributed by atoms with Gasteiger partial charge in [0.2, 0.25) is 0 Å². The maximum Gasteiger partial charge on any atom is 0.257 e. The van der Waals surface area contributed by atoms with Crippen LogP contribution < -0.4 is 9.47 Å². The highest BCUT2D eigenvalue weighted by atomic mass is 16.5. The summed E-state index contributed by atoms with van der Waals surface area (Å²) in [6.07, 6.45) is 1.59. The second kappa shape index (κ2) is 9.69. The van der Waals surface area contributed by atoms with E-state index < -0.39 is 0 Å². The van der Waals surface area contributed by atoms with Gasteiger partial charge in [0, 0.05) is 25.1 Å². The van der Waals surface area contributed by atoms with Crippen molar-refractivity contribution in [3.8, 4) is 11.5 Å². The lowest BCUT2D eigenvalue weighted by Crippen LogP contribution is -2.40. The first-order chi connectivity index (χ1) is 16.7. The number of hydrazone groups is 1. The van der Waals surface area contributed by atoms with Gasteiger partial charge in [-0.15, -0.1) is 0 Å². The number of carbonyl (C=O) groups is 1. The summed E-state index contributed by atoms with van der Waals surface area (Å²) < 4.78 is 10.9. The Morgan fingerprint density at radius 1 is 0.941 bits per heavy atom. The number of hydrogen-bond donors (Lipinski definition) is 0. The van der Waals surface area contributed by atoms with Crippen LogP contribution in [-0.4, -0.2) is 48.8 Å². The Morgan fingerprint density at radius 3 is 2.44 bits per heavy atom. The van der Waals surface area contributed by atoms with Gasteiger partial charge >= 0.3 is 0 Å². The number of ether oxygens (including phenoxy) is 2. The molecular formula is C28H29N3O3. The standard InChI is InChI=1S/C28H29N3O3/c1-33-23-13-11-21(12-14-23)26-17-25(24-9-5-6-10-27(24)34-2)29-31(26)28(32)19-30-16-15-20-7-3-4-8-22(20)18-30/h3-14,26H,15-19H2,1-2H3. The first-order valence-corrected chi connectivity index (χ1v) is 11.6. The monoisotopic (exact) mass is 455 g/mol. The van der Waals surface area contributed by atoms with E-state index in [9.17, 15) is 4.79 Å². The van der Waals surface area contributed by atoms with Gasteiger partial charge in [-0.25, -0.2) is 5.01 Å². The number of para-hydroxylation sites is 1. The number of hydrogen-bond acceptors (Lipinski definition) is 5. The van der Waals surface area contributed by atoms with E-state index in [1.807, 2.05) is 48.5 Å². The SMILES string of the molecule is COc1ccc(C2CC(c3ccccc3OC)=NN2C(=O)CN2CCc3ccccc3C2)cc1. The Balaban J connectivity index is 1.41. The van der Waals surface area contributed by atoms with E-state index in [2.05, 4.69) is 29.2 Å². The Bertz CT molecular complexity index is 1210. The van der Waals surface area contributed by atoms with E-state index in [0.717, 1.165) is 47.8 Å². The van der Waals surface area contributed by atoms with Crippen LogP contribution in [0.2, 0.25) is 0 Å². The summed E-state index contributed by atoms with van der Waals surface area (Å²) in [5, 5.41) is 6.51.